The predicted molar refractivity (Wildman–Crippen MR) is 138 cm³/mol. The van der Waals surface area contributed by atoms with Crippen LogP contribution in [0.2, 0.25) is 5.02 Å². The van der Waals surface area contributed by atoms with Gasteiger partial charge in [0.2, 0.25) is 17.7 Å². The molecule has 11 heteroatoms. The van der Waals surface area contributed by atoms with Gasteiger partial charge in [0, 0.05) is 37.9 Å². The zero-order chi connectivity index (χ0) is 26.9. The molecule has 3 aromatic rings. The minimum absolute atomic E-state index is 0.0509. The van der Waals surface area contributed by atoms with Crippen LogP contribution in [0.4, 0.5) is 4.39 Å². The predicted octanol–water partition coefficient (Wildman–Crippen LogP) is 2.81. The number of carbonyl (C=O) groups excluding carboxylic acids is 4. The van der Waals surface area contributed by atoms with Crippen LogP contribution >= 0.6 is 11.6 Å². The van der Waals surface area contributed by atoms with E-state index in [2.05, 4.69) is 20.9 Å². The van der Waals surface area contributed by atoms with Crippen molar-refractivity contribution in [1.29, 1.82) is 5.41 Å². The average Bonchev–Trinajstić information content (AvgIpc) is 3.29. The molecule has 37 heavy (non-hydrogen) atoms. The van der Waals surface area contributed by atoms with Crippen LogP contribution < -0.4 is 16.0 Å². The Balaban J connectivity index is 1.76. The Morgan fingerprint density at radius 3 is 2.46 bits per heavy atom. The van der Waals surface area contributed by atoms with E-state index in [0.29, 0.717) is 22.3 Å². The van der Waals surface area contributed by atoms with Crippen molar-refractivity contribution in [2.24, 2.45) is 0 Å². The van der Waals surface area contributed by atoms with Crippen molar-refractivity contribution in [3.8, 4) is 0 Å². The molecule has 0 radical (unpaired) electrons. The zero-order valence-corrected chi connectivity index (χ0v) is 20.8. The van der Waals surface area contributed by atoms with Crippen LogP contribution in [0, 0.1) is 11.2 Å². The molecule has 0 saturated carbocycles. The van der Waals surface area contributed by atoms with Crippen molar-refractivity contribution in [3.63, 3.8) is 0 Å². The first-order valence-corrected chi connectivity index (χ1v) is 11.9. The summed E-state index contributed by atoms with van der Waals surface area (Å²) in [6.07, 6.45) is 2.29. The summed E-state index contributed by atoms with van der Waals surface area (Å²) in [4.78, 5) is 52.8. The quantitative estimate of drug-likeness (QED) is 0.231. The highest BCUT2D eigenvalue weighted by atomic mass is 35.5. The number of aromatic nitrogens is 1. The number of fused-ring (bicyclic) bond motifs is 1. The van der Waals surface area contributed by atoms with Crippen LogP contribution in [0.1, 0.15) is 30.9 Å². The summed E-state index contributed by atoms with van der Waals surface area (Å²) < 4.78 is 13.2. The number of rotatable bonds is 12. The van der Waals surface area contributed by atoms with Crippen LogP contribution in [-0.2, 0) is 32.1 Å². The maximum atomic E-state index is 13.2. The monoisotopic (exact) mass is 527 g/mol. The lowest BCUT2D eigenvalue weighted by Gasteiger charge is -2.23. The number of Topliss-reactive ketones (excluding diaryl/α,β-unsaturated/α-hetero) is 1. The molecule has 5 N–H and O–H groups in total. The van der Waals surface area contributed by atoms with Crippen molar-refractivity contribution in [1.82, 2.24) is 20.9 Å². The van der Waals surface area contributed by atoms with E-state index in [-0.39, 0.29) is 25.8 Å². The van der Waals surface area contributed by atoms with E-state index < -0.39 is 41.4 Å². The number of H-pyrrole nitrogens is 1. The molecular weight excluding hydrogens is 501 g/mol. The number of aromatic amines is 1. The lowest BCUT2D eigenvalue weighted by Crippen LogP contribution is -2.54. The Bertz CT molecular complexity index is 1310. The molecule has 0 aliphatic heterocycles. The zero-order valence-electron chi connectivity index (χ0n) is 20.1. The molecule has 0 fully saturated rings. The highest BCUT2D eigenvalue weighted by Gasteiger charge is 2.27. The van der Waals surface area contributed by atoms with Gasteiger partial charge < -0.3 is 26.3 Å². The van der Waals surface area contributed by atoms with Crippen LogP contribution in [0.3, 0.4) is 0 Å². The molecule has 1 heterocycles. The van der Waals surface area contributed by atoms with Gasteiger partial charge in [-0.25, -0.2) is 4.39 Å². The maximum absolute atomic E-state index is 13.2. The van der Waals surface area contributed by atoms with E-state index in [9.17, 15) is 23.6 Å². The summed E-state index contributed by atoms with van der Waals surface area (Å²) in [5.41, 5.74) is 2.08. The summed E-state index contributed by atoms with van der Waals surface area (Å²) >= 11 is 6.22. The van der Waals surface area contributed by atoms with Crippen molar-refractivity contribution in [2.45, 2.75) is 44.8 Å². The topological polar surface area (TPSA) is 144 Å². The van der Waals surface area contributed by atoms with Gasteiger partial charge in [0.05, 0.1) is 16.8 Å². The minimum Gasteiger partial charge on any atom is -0.360 e. The number of hydrogen-bond acceptors (Lipinski definition) is 5. The molecule has 3 rings (SSSR count). The fourth-order valence-corrected chi connectivity index (χ4v) is 4.06. The third kappa shape index (κ3) is 7.71. The van der Waals surface area contributed by atoms with E-state index in [1.54, 1.807) is 18.3 Å². The van der Waals surface area contributed by atoms with Gasteiger partial charge in [-0.05, 0) is 35.7 Å². The molecule has 0 aliphatic carbocycles. The molecule has 3 amide bonds. The van der Waals surface area contributed by atoms with Gasteiger partial charge in [-0.2, -0.15) is 0 Å². The second-order valence-electron chi connectivity index (χ2n) is 8.49. The third-order valence-electron chi connectivity index (χ3n) is 5.72. The molecular formula is C26H27ClFN5O4. The molecule has 1 aromatic heterocycles. The van der Waals surface area contributed by atoms with Gasteiger partial charge in [0.25, 0.3) is 0 Å². The second-order valence-corrected chi connectivity index (χ2v) is 8.90. The molecule has 194 valence electrons. The summed E-state index contributed by atoms with van der Waals surface area (Å²) in [7, 11) is 0. The molecule has 0 spiro atoms. The number of ketones is 1. The first-order chi connectivity index (χ1) is 17.7. The van der Waals surface area contributed by atoms with E-state index >= 15 is 0 Å². The van der Waals surface area contributed by atoms with E-state index in [0.717, 1.165) is 10.9 Å². The molecule has 9 nitrogen and oxygen atoms in total. The van der Waals surface area contributed by atoms with Gasteiger partial charge in [-0.3, -0.25) is 19.2 Å². The third-order valence-corrected chi connectivity index (χ3v) is 6.04. The van der Waals surface area contributed by atoms with Crippen molar-refractivity contribution < 1.29 is 23.6 Å². The van der Waals surface area contributed by atoms with E-state index in [1.165, 1.54) is 31.2 Å². The average molecular weight is 528 g/mol. The van der Waals surface area contributed by atoms with Gasteiger partial charge >= 0.3 is 0 Å². The number of halogens is 2. The Morgan fingerprint density at radius 2 is 1.78 bits per heavy atom. The molecule has 0 aliphatic rings. The highest BCUT2D eigenvalue weighted by molar-refractivity contribution is 6.35. The van der Waals surface area contributed by atoms with E-state index in [4.69, 9.17) is 17.0 Å². The van der Waals surface area contributed by atoms with Crippen LogP contribution in [0.15, 0.2) is 48.7 Å². The first kappa shape index (κ1) is 27.5. The largest absolute Gasteiger partial charge is 0.360 e. The fraction of sp³-hybridized carbons (Fsp3) is 0.269. The van der Waals surface area contributed by atoms with Crippen molar-refractivity contribution in [3.05, 3.63) is 70.6 Å². The molecule has 2 atom stereocenters. The Kier molecular flexibility index (Phi) is 9.51. The summed E-state index contributed by atoms with van der Waals surface area (Å²) in [5, 5.41) is 16.3. The number of nitrogens with one attached hydrogen (secondary N) is 5. The number of hydrogen-bond donors (Lipinski definition) is 5. The van der Waals surface area contributed by atoms with Gasteiger partial charge in [-0.1, -0.05) is 35.9 Å². The van der Waals surface area contributed by atoms with Crippen LogP contribution in [0.5, 0.6) is 0 Å². The molecule has 0 saturated heterocycles. The lowest BCUT2D eigenvalue weighted by molar-refractivity contribution is -0.132. The normalized spacial score (nSPS) is 12.4. The smallest absolute Gasteiger partial charge is 0.243 e. The minimum atomic E-state index is -1.11. The lowest BCUT2D eigenvalue weighted by atomic mass is 10.0. The molecule has 0 bridgehead atoms. The Labute approximate surface area is 217 Å². The van der Waals surface area contributed by atoms with Crippen molar-refractivity contribution in [2.75, 3.05) is 0 Å². The first-order valence-electron chi connectivity index (χ1n) is 11.5. The summed E-state index contributed by atoms with van der Waals surface area (Å²) in [6, 6.07) is 8.78. The standard InChI is InChI=1S/C26H27ClFN5O4/c1-15(34)32-23(11-17-14-30-24-20(17)3-2-4-21(24)27)26(37)33-22(10-9-19(35)12-29)25(36)31-13-16-5-7-18(28)8-6-16/h2-8,12,14,22-23,29-30H,9-11,13H2,1H3,(H,31,36)(H,32,34)(H,33,37)/t22-,23-/m0/s1. The van der Waals surface area contributed by atoms with Gasteiger partial charge in [-0.15, -0.1) is 0 Å². The van der Waals surface area contributed by atoms with Crippen LogP contribution in [0.25, 0.3) is 10.9 Å². The molecule has 2 aromatic carbocycles. The number of para-hydroxylation sites is 1. The highest BCUT2D eigenvalue weighted by Crippen LogP contribution is 2.26. The molecule has 0 unspecified atom stereocenters. The maximum Gasteiger partial charge on any atom is 0.243 e. The van der Waals surface area contributed by atoms with Gasteiger partial charge in [0.15, 0.2) is 5.78 Å². The summed E-state index contributed by atoms with van der Waals surface area (Å²) in [5.74, 6) is -2.52. The van der Waals surface area contributed by atoms with Crippen LogP contribution in [-0.4, -0.2) is 46.8 Å². The number of amides is 3. The fourth-order valence-electron chi connectivity index (χ4n) is 3.83. The number of benzene rings is 2. The summed E-state index contributed by atoms with van der Waals surface area (Å²) in [6.45, 7) is 1.36. The Morgan fingerprint density at radius 1 is 1.05 bits per heavy atom. The van der Waals surface area contributed by atoms with E-state index in [1.807, 2.05) is 6.07 Å². The van der Waals surface area contributed by atoms with Gasteiger partial charge in [0.1, 0.15) is 17.9 Å². The number of carbonyl (C=O) groups is 4. The SMILES string of the molecule is CC(=O)N[C@@H](Cc1c[nH]c2c(Cl)cccc12)C(=O)N[C@@H](CCC(=O)C=N)C(=O)NCc1ccc(F)cc1. The second kappa shape index (κ2) is 12.8. The Hall–Kier alpha value is -4.05. The van der Waals surface area contributed by atoms with Crippen molar-refractivity contribution >= 4 is 52.2 Å².